The number of anilines is 2. The molecule has 0 saturated heterocycles. The van der Waals surface area contributed by atoms with E-state index in [4.69, 9.17) is 23.2 Å². The van der Waals surface area contributed by atoms with Crippen LogP contribution in [0.5, 0.6) is 0 Å². The molecule has 0 aliphatic carbocycles. The first-order valence-electron chi connectivity index (χ1n) is 3.98. The molecule has 0 spiro atoms. The lowest BCUT2D eigenvalue weighted by molar-refractivity contribution is 1.29. The third-order valence-electron chi connectivity index (χ3n) is 1.68. The first-order valence-corrected chi connectivity index (χ1v) is 6.41. The summed E-state index contributed by atoms with van der Waals surface area (Å²) in [6, 6.07) is 3.66. The highest BCUT2D eigenvalue weighted by Gasteiger charge is 2.06. The summed E-state index contributed by atoms with van der Waals surface area (Å²) in [7, 11) is 0. The maximum atomic E-state index is 6.00. The van der Waals surface area contributed by atoms with E-state index in [9.17, 15) is 0 Å². The van der Waals surface area contributed by atoms with Crippen LogP contribution in [0.15, 0.2) is 28.2 Å². The predicted octanol–water partition coefficient (Wildman–Crippen LogP) is 4.96. The summed E-state index contributed by atoms with van der Waals surface area (Å²) in [5.74, 6) is 0.597. The molecule has 2 heterocycles. The molecule has 1 N–H and O–H groups in total. The van der Waals surface area contributed by atoms with Crippen molar-refractivity contribution in [3.8, 4) is 0 Å². The number of pyridine rings is 1. The van der Waals surface area contributed by atoms with Gasteiger partial charge in [0, 0.05) is 10.7 Å². The van der Waals surface area contributed by atoms with Gasteiger partial charge in [0.25, 0.3) is 0 Å². The molecule has 78 valence electrons. The van der Waals surface area contributed by atoms with E-state index in [1.807, 2.05) is 11.4 Å². The van der Waals surface area contributed by atoms with E-state index in [0.717, 1.165) is 10.2 Å². The van der Waals surface area contributed by atoms with E-state index >= 15 is 0 Å². The van der Waals surface area contributed by atoms with Gasteiger partial charge >= 0.3 is 0 Å². The molecule has 0 aliphatic rings. The monoisotopic (exact) mass is 322 g/mol. The summed E-state index contributed by atoms with van der Waals surface area (Å²) in [6.07, 6.45) is 1.68. The average Bonchev–Trinajstić information content (AvgIpc) is 2.57. The predicted molar refractivity (Wildman–Crippen MR) is 69.6 cm³/mol. The Labute approximate surface area is 109 Å². The van der Waals surface area contributed by atoms with Gasteiger partial charge in [-0.05, 0) is 33.4 Å². The molecule has 2 rings (SSSR count). The van der Waals surface area contributed by atoms with Crippen molar-refractivity contribution >= 4 is 62.0 Å². The Bertz CT molecular complexity index is 487. The van der Waals surface area contributed by atoms with Crippen LogP contribution in [-0.2, 0) is 0 Å². The van der Waals surface area contributed by atoms with Gasteiger partial charge in [-0.3, -0.25) is 0 Å². The minimum atomic E-state index is 0.548. The highest BCUT2D eigenvalue weighted by molar-refractivity contribution is 9.10. The van der Waals surface area contributed by atoms with Gasteiger partial charge < -0.3 is 5.32 Å². The van der Waals surface area contributed by atoms with E-state index in [1.165, 1.54) is 11.3 Å². The van der Waals surface area contributed by atoms with Crippen LogP contribution in [0.3, 0.4) is 0 Å². The Morgan fingerprint density at radius 1 is 1.40 bits per heavy atom. The van der Waals surface area contributed by atoms with Crippen molar-refractivity contribution in [1.29, 1.82) is 0 Å². The van der Waals surface area contributed by atoms with Crippen LogP contribution >= 0.6 is 50.5 Å². The first kappa shape index (κ1) is 11.2. The smallest absolute Gasteiger partial charge is 0.149 e. The van der Waals surface area contributed by atoms with Crippen molar-refractivity contribution in [2.75, 3.05) is 5.32 Å². The molecule has 0 aliphatic heterocycles. The van der Waals surface area contributed by atoms with E-state index in [0.29, 0.717) is 15.2 Å². The lowest BCUT2D eigenvalue weighted by Gasteiger charge is -2.05. The van der Waals surface area contributed by atoms with Crippen LogP contribution in [0.1, 0.15) is 0 Å². The van der Waals surface area contributed by atoms with Crippen molar-refractivity contribution in [2.45, 2.75) is 0 Å². The summed E-state index contributed by atoms with van der Waals surface area (Å²) >= 11 is 16.7. The van der Waals surface area contributed by atoms with E-state index in [1.54, 1.807) is 12.3 Å². The molecule has 0 radical (unpaired) electrons. The summed E-state index contributed by atoms with van der Waals surface area (Å²) in [6.45, 7) is 0. The zero-order chi connectivity index (χ0) is 10.8. The number of rotatable bonds is 2. The molecular formula is C9H5BrCl2N2S. The zero-order valence-corrected chi connectivity index (χ0v) is 11.2. The molecule has 0 saturated carbocycles. The fourth-order valence-corrected chi connectivity index (χ4v) is 2.53. The van der Waals surface area contributed by atoms with Gasteiger partial charge in [0.2, 0.25) is 0 Å². The van der Waals surface area contributed by atoms with Crippen molar-refractivity contribution in [2.24, 2.45) is 0 Å². The first-order chi connectivity index (χ1) is 7.16. The number of hydrogen-bond acceptors (Lipinski definition) is 3. The summed E-state index contributed by atoms with van der Waals surface area (Å²) < 4.78 is 1.53. The second kappa shape index (κ2) is 4.70. The minimum absolute atomic E-state index is 0.548. The quantitative estimate of drug-likeness (QED) is 0.845. The molecule has 2 aromatic heterocycles. The van der Waals surface area contributed by atoms with Crippen LogP contribution < -0.4 is 5.32 Å². The molecule has 0 amide bonds. The van der Waals surface area contributed by atoms with E-state index in [-0.39, 0.29) is 0 Å². The largest absolute Gasteiger partial charge is 0.337 e. The normalized spacial score (nSPS) is 10.3. The molecule has 0 atom stereocenters. The Hall–Kier alpha value is -0.290. The third-order valence-corrected chi connectivity index (χ3v) is 3.57. The SMILES string of the molecule is Clc1cc(Br)cnc1Nc1ccsc1Cl. The van der Waals surface area contributed by atoms with Crippen molar-refractivity contribution in [1.82, 2.24) is 4.98 Å². The van der Waals surface area contributed by atoms with E-state index in [2.05, 4.69) is 26.2 Å². The lowest BCUT2D eigenvalue weighted by atomic mass is 10.4. The van der Waals surface area contributed by atoms with Crippen molar-refractivity contribution < 1.29 is 0 Å². The number of halogens is 3. The van der Waals surface area contributed by atoms with Crippen LogP contribution in [0, 0.1) is 0 Å². The maximum Gasteiger partial charge on any atom is 0.149 e. The van der Waals surface area contributed by atoms with Crippen LogP contribution in [0.2, 0.25) is 9.36 Å². The van der Waals surface area contributed by atoms with Crippen LogP contribution in [0.25, 0.3) is 0 Å². The minimum Gasteiger partial charge on any atom is -0.337 e. The number of aromatic nitrogens is 1. The lowest BCUT2D eigenvalue weighted by Crippen LogP contribution is -1.93. The molecule has 0 fully saturated rings. The fourth-order valence-electron chi connectivity index (χ4n) is 1.02. The molecule has 2 aromatic rings. The van der Waals surface area contributed by atoms with Crippen molar-refractivity contribution in [3.05, 3.63) is 37.5 Å². The molecule has 15 heavy (non-hydrogen) atoms. The Morgan fingerprint density at radius 2 is 2.20 bits per heavy atom. The molecule has 2 nitrogen and oxygen atoms in total. The number of nitrogens with zero attached hydrogens (tertiary/aromatic N) is 1. The molecule has 0 bridgehead atoms. The summed E-state index contributed by atoms with van der Waals surface area (Å²) in [4.78, 5) is 4.15. The van der Waals surface area contributed by atoms with Crippen LogP contribution in [-0.4, -0.2) is 4.98 Å². The number of hydrogen-bond donors (Lipinski definition) is 1. The zero-order valence-electron chi connectivity index (χ0n) is 7.30. The summed E-state index contributed by atoms with van der Waals surface area (Å²) in [5, 5.41) is 5.51. The van der Waals surface area contributed by atoms with Gasteiger partial charge in [0.05, 0.1) is 10.7 Å². The average molecular weight is 324 g/mol. The highest BCUT2D eigenvalue weighted by Crippen LogP contribution is 2.32. The Morgan fingerprint density at radius 3 is 2.80 bits per heavy atom. The fraction of sp³-hybridized carbons (Fsp3) is 0. The highest BCUT2D eigenvalue weighted by atomic mass is 79.9. The maximum absolute atomic E-state index is 6.00. The van der Waals surface area contributed by atoms with Gasteiger partial charge in [0.15, 0.2) is 0 Å². The topological polar surface area (TPSA) is 24.9 Å². The Kier molecular flexibility index (Phi) is 3.51. The molecular weight excluding hydrogens is 319 g/mol. The molecule has 0 aromatic carbocycles. The van der Waals surface area contributed by atoms with Crippen LogP contribution in [0.4, 0.5) is 11.5 Å². The molecule has 0 unspecified atom stereocenters. The van der Waals surface area contributed by atoms with Gasteiger partial charge in [-0.2, -0.15) is 0 Å². The van der Waals surface area contributed by atoms with Gasteiger partial charge in [-0.15, -0.1) is 11.3 Å². The van der Waals surface area contributed by atoms with Gasteiger partial charge in [-0.25, -0.2) is 4.98 Å². The Balaban J connectivity index is 2.29. The molecule has 6 heteroatoms. The third kappa shape index (κ3) is 2.64. The summed E-state index contributed by atoms with van der Waals surface area (Å²) in [5.41, 5.74) is 0.818. The van der Waals surface area contributed by atoms with Gasteiger partial charge in [-0.1, -0.05) is 23.2 Å². The van der Waals surface area contributed by atoms with Gasteiger partial charge in [0.1, 0.15) is 10.2 Å². The number of nitrogens with one attached hydrogen (secondary N) is 1. The van der Waals surface area contributed by atoms with E-state index < -0.39 is 0 Å². The second-order valence-electron chi connectivity index (χ2n) is 2.72. The standard InChI is InChI=1S/C9H5BrCl2N2S/c10-5-3-6(11)9(13-4-5)14-7-1-2-15-8(7)12/h1-4H,(H,13,14). The van der Waals surface area contributed by atoms with Crippen molar-refractivity contribution in [3.63, 3.8) is 0 Å². The second-order valence-corrected chi connectivity index (χ2v) is 5.56. The number of thiophene rings is 1.